The molecule has 1 atom stereocenters. The quantitative estimate of drug-likeness (QED) is 0.805. The summed E-state index contributed by atoms with van der Waals surface area (Å²) in [6.07, 6.45) is 1.23. The summed E-state index contributed by atoms with van der Waals surface area (Å²) < 4.78 is 10.7. The molecule has 21 heavy (non-hydrogen) atoms. The van der Waals surface area contributed by atoms with E-state index in [0.29, 0.717) is 6.04 Å². The molecule has 1 fully saturated rings. The molecule has 1 saturated heterocycles. The normalized spacial score (nSPS) is 18.5. The smallest absolute Gasteiger partial charge is 0.161 e. The summed E-state index contributed by atoms with van der Waals surface area (Å²) in [5.41, 5.74) is 1.28. The maximum atomic E-state index is 5.38. The van der Waals surface area contributed by atoms with E-state index in [1.165, 1.54) is 25.1 Å². The van der Waals surface area contributed by atoms with Crippen LogP contribution in [0.5, 0.6) is 11.5 Å². The van der Waals surface area contributed by atoms with Gasteiger partial charge in [0.05, 0.1) is 14.2 Å². The molecule has 118 valence electrons. The fraction of sp³-hybridized carbons (Fsp3) is 0.647. The van der Waals surface area contributed by atoms with Crippen LogP contribution in [0.15, 0.2) is 18.2 Å². The van der Waals surface area contributed by atoms with Gasteiger partial charge in [0.1, 0.15) is 0 Å². The lowest BCUT2D eigenvalue weighted by Gasteiger charge is -2.37. The average Bonchev–Trinajstić information content (AvgIpc) is 2.54. The summed E-state index contributed by atoms with van der Waals surface area (Å²) >= 11 is 0. The van der Waals surface area contributed by atoms with Crippen molar-refractivity contribution in [3.05, 3.63) is 23.8 Å². The van der Waals surface area contributed by atoms with Crippen molar-refractivity contribution in [2.24, 2.45) is 0 Å². The van der Waals surface area contributed by atoms with Crippen LogP contribution in [0.2, 0.25) is 0 Å². The number of hydrogen-bond donors (Lipinski definition) is 0. The van der Waals surface area contributed by atoms with Crippen LogP contribution in [0.25, 0.3) is 0 Å². The number of rotatable bonds is 6. The maximum absolute atomic E-state index is 5.38. The van der Waals surface area contributed by atoms with Gasteiger partial charge in [0.25, 0.3) is 0 Å². The molecule has 0 bridgehead atoms. The fourth-order valence-electron chi connectivity index (χ4n) is 2.86. The van der Waals surface area contributed by atoms with Gasteiger partial charge in [-0.15, -0.1) is 0 Å². The predicted molar refractivity (Wildman–Crippen MR) is 86.1 cm³/mol. The minimum atomic E-state index is 0.702. The Bertz CT molecular complexity index is 442. The molecule has 1 aliphatic rings. The molecule has 0 N–H and O–H groups in total. The first-order chi connectivity index (χ1) is 10.2. The first kappa shape index (κ1) is 16.1. The number of nitrogens with zero attached hydrogens (tertiary/aromatic N) is 2. The van der Waals surface area contributed by atoms with Crippen LogP contribution in [0.3, 0.4) is 0 Å². The second-order valence-electron chi connectivity index (χ2n) is 5.76. The molecule has 0 saturated carbocycles. The van der Waals surface area contributed by atoms with E-state index in [1.54, 1.807) is 14.2 Å². The van der Waals surface area contributed by atoms with Crippen LogP contribution in [0, 0.1) is 0 Å². The molecule has 4 heteroatoms. The zero-order valence-corrected chi connectivity index (χ0v) is 13.8. The highest BCUT2D eigenvalue weighted by Gasteiger charge is 2.20. The van der Waals surface area contributed by atoms with E-state index in [-0.39, 0.29) is 0 Å². The Morgan fingerprint density at radius 1 is 1.05 bits per heavy atom. The van der Waals surface area contributed by atoms with Crippen molar-refractivity contribution in [3.8, 4) is 11.5 Å². The molecular formula is C17H28N2O2. The van der Waals surface area contributed by atoms with Crippen LogP contribution in [0.1, 0.15) is 25.8 Å². The molecule has 0 unspecified atom stereocenters. The van der Waals surface area contributed by atoms with Gasteiger partial charge in [-0.05, 0) is 31.0 Å². The number of benzene rings is 1. The molecule has 1 aromatic carbocycles. The van der Waals surface area contributed by atoms with Crippen molar-refractivity contribution in [2.75, 3.05) is 40.4 Å². The Kier molecular flexibility index (Phi) is 5.88. The Hall–Kier alpha value is -1.26. The highest BCUT2D eigenvalue weighted by Crippen LogP contribution is 2.28. The van der Waals surface area contributed by atoms with Gasteiger partial charge in [-0.1, -0.05) is 13.0 Å². The van der Waals surface area contributed by atoms with Gasteiger partial charge in [-0.3, -0.25) is 9.80 Å². The first-order valence-corrected chi connectivity index (χ1v) is 7.85. The van der Waals surface area contributed by atoms with E-state index in [9.17, 15) is 0 Å². The Labute approximate surface area is 128 Å². The van der Waals surface area contributed by atoms with Crippen LogP contribution in [0.4, 0.5) is 0 Å². The van der Waals surface area contributed by atoms with Crippen LogP contribution < -0.4 is 9.47 Å². The lowest BCUT2D eigenvalue weighted by molar-refractivity contribution is 0.0963. The van der Waals surface area contributed by atoms with Crippen molar-refractivity contribution < 1.29 is 9.47 Å². The standard InChI is InChI=1S/C17H28N2O2/c1-5-14(2)19-10-8-18(9-11-19)13-15-6-7-16(20-3)17(12-15)21-4/h6-7,12,14H,5,8-11,13H2,1-4H3/t14-/m0/s1. The molecule has 0 radical (unpaired) electrons. The second-order valence-corrected chi connectivity index (χ2v) is 5.76. The third kappa shape index (κ3) is 4.11. The molecule has 0 amide bonds. The SMILES string of the molecule is CC[C@H](C)N1CCN(Cc2ccc(OC)c(OC)c2)CC1. The minimum Gasteiger partial charge on any atom is -0.493 e. The molecule has 0 aliphatic carbocycles. The zero-order chi connectivity index (χ0) is 15.2. The molecule has 0 aromatic heterocycles. The van der Waals surface area contributed by atoms with Crippen molar-refractivity contribution in [1.29, 1.82) is 0 Å². The summed E-state index contributed by atoms with van der Waals surface area (Å²) in [4.78, 5) is 5.10. The number of methoxy groups -OCH3 is 2. The van der Waals surface area contributed by atoms with Gasteiger partial charge in [0.15, 0.2) is 11.5 Å². The lowest BCUT2D eigenvalue weighted by atomic mass is 10.1. The number of hydrogen-bond acceptors (Lipinski definition) is 4. The Balaban J connectivity index is 1.91. The molecule has 0 spiro atoms. The Morgan fingerprint density at radius 2 is 1.71 bits per heavy atom. The van der Waals surface area contributed by atoms with Gasteiger partial charge >= 0.3 is 0 Å². The minimum absolute atomic E-state index is 0.702. The summed E-state index contributed by atoms with van der Waals surface area (Å²) in [7, 11) is 3.36. The largest absolute Gasteiger partial charge is 0.493 e. The van der Waals surface area contributed by atoms with E-state index in [0.717, 1.165) is 31.1 Å². The topological polar surface area (TPSA) is 24.9 Å². The van der Waals surface area contributed by atoms with Gasteiger partial charge in [-0.25, -0.2) is 0 Å². The average molecular weight is 292 g/mol. The van der Waals surface area contributed by atoms with Crippen molar-refractivity contribution in [1.82, 2.24) is 9.80 Å². The van der Waals surface area contributed by atoms with Gasteiger partial charge < -0.3 is 9.47 Å². The maximum Gasteiger partial charge on any atom is 0.161 e. The molecular weight excluding hydrogens is 264 g/mol. The van der Waals surface area contributed by atoms with E-state index in [4.69, 9.17) is 9.47 Å². The molecule has 4 nitrogen and oxygen atoms in total. The molecule has 2 rings (SSSR count). The highest BCUT2D eigenvalue weighted by atomic mass is 16.5. The third-order valence-electron chi connectivity index (χ3n) is 4.48. The number of ether oxygens (including phenoxy) is 2. The van der Waals surface area contributed by atoms with E-state index < -0.39 is 0 Å². The summed E-state index contributed by atoms with van der Waals surface area (Å²) in [6, 6.07) is 6.90. The van der Waals surface area contributed by atoms with Crippen molar-refractivity contribution >= 4 is 0 Å². The van der Waals surface area contributed by atoms with E-state index in [1.807, 2.05) is 6.07 Å². The predicted octanol–water partition coefficient (Wildman–Crippen LogP) is 2.62. The summed E-state index contributed by atoms with van der Waals surface area (Å²) in [5.74, 6) is 1.61. The summed E-state index contributed by atoms with van der Waals surface area (Å²) in [5, 5.41) is 0. The van der Waals surface area contributed by atoms with E-state index in [2.05, 4.69) is 35.8 Å². The summed E-state index contributed by atoms with van der Waals surface area (Å²) in [6.45, 7) is 10.2. The van der Waals surface area contributed by atoms with Gasteiger partial charge in [0.2, 0.25) is 0 Å². The van der Waals surface area contributed by atoms with Gasteiger partial charge in [-0.2, -0.15) is 0 Å². The molecule has 1 aromatic rings. The highest BCUT2D eigenvalue weighted by molar-refractivity contribution is 5.42. The Morgan fingerprint density at radius 3 is 2.29 bits per heavy atom. The van der Waals surface area contributed by atoms with Crippen LogP contribution in [-0.2, 0) is 6.54 Å². The molecule has 1 aliphatic heterocycles. The second kappa shape index (κ2) is 7.66. The van der Waals surface area contributed by atoms with Crippen molar-refractivity contribution in [3.63, 3.8) is 0 Å². The molecule has 1 heterocycles. The third-order valence-corrected chi connectivity index (χ3v) is 4.48. The van der Waals surface area contributed by atoms with Gasteiger partial charge in [0, 0.05) is 38.8 Å². The fourth-order valence-corrected chi connectivity index (χ4v) is 2.86. The van der Waals surface area contributed by atoms with E-state index >= 15 is 0 Å². The number of piperazine rings is 1. The van der Waals surface area contributed by atoms with Crippen LogP contribution >= 0.6 is 0 Å². The van der Waals surface area contributed by atoms with Crippen molar-refractivity contribution in [2.45, 2.75) is 32.9 Å². The zero-order valence-electron chi connectivity index (χ0n) is 13.8. The first-order valence-electron chi connectivity index (χ1n) is 7.85. The van der Waals surface area contributed by atoms with Crippen LogP contribution in [-0.4, -0.2) is 56.2 Å². The monoisotopic (exact) mass is 292 g/mol. The lowest BCUT2D eigenvalue weighted by Crippen LogP contribution is -2.48.